The largest absolute Gasteiger partial charge is 0.335 e. The first kappa shape index (κ1) is 16.1. The van der Waals surface area contributed by atoms with Crippen molar-refractivity contribution in [2.75, 3.05) is 24.5 Å². The van der Waals surface area contributed by atoms with Gasteiger partial charge in [-0.1, -0.05) is 12.1 Å². The molecule has 1 aromatic carbocycles. The number of piperidine rings is 3. The lowest BCUT2D eigenvalue weighted by atomic mass is 9.75. The lowest BCUT2D eigenvalue weighted by Crippen LogP contribution is -2.60. The van der Waals surface area contributed by atoms with E-state index in [0.717, 1.165) is 31.6 Å². The van der Waals surface area contributed by atoms with Gasteiger partial charge in [-0.25, -0.2) is 18.7 Å². The van der Waals surface area contributed by atoms with Gasteiger partial charge in [0.15, 0.2) is 11.6 Å². The minimum atomic E-state index is -0.764. The number of aromatic nitrogens is 2. The van der Waals surface area contributed by atoms with Crippen molar-refractivity contribution in [2.45, 2.75) is 37.8 Å². The summed E-state index contributed by atoms with van der Waals surface area (Å²) in [6.45, 7) is 4.68. The first-order chi connectivity index (χ1) is 12.6. The molecular formula is C20H22F2N4. The monoisotopic (exact) mass is 356 g/mol. The number of halogens is 2. The van der Waals surface area contributed by atoms with Gasteiger partial charge in [0.1, 0.15) is 0 Å². The molecule has 6 rings (SSSR count). The Bertz CT molecular complexity index is 834. The minimum Gasteiger partial charge on any atom is -0.335 e. The average molecular weight is 356 g/mol. The molecule has 0 unspecified atom stereocenters. The van der Waals surface area contributed by atoms with Gasteiger partial charge < -0.3 is 4.90 Å². The molecule has 4 aliphatic rings. The van der Waals surface area contributed by atoms with Gasteiger partial charge in [0, 0.05) is 30.4 Å². The van der Waals surface area contributed by atoms with Crippen molar-refractivity contribution in [3.8, 4) is 0 Å². The zero-order chi connectivity index (χ0) is 17.8. The Morgan fingerprint density at radius 1 is 1.08 bits per heavy atom. The minimum absolute atomic E-state index is 0.0667. The summed E-state index contributed by atoms with van der Waals surface area (Å²) in [7, 11) is 0. The number of benzene rings is 1. The maximum Gasteiger partial charge on any atom is 0.225 e. The molecule has 136 valence electrons. The van der Waals surface area contributed by atoms with Gasteiger partial charge in [-0.2, -0.15) is 0 Å². The highest BCUT2D eigenvalue weighted by molar-refractivity contribution is 5.43. The molecular weight excluding hydrogens is 334 g/mol. The Balaban J connectivity index is 1.60. The van der Waals surface area contributed by atoms with Gasteiger partial charge in [0.2, 0.25) is 5.95 Å². The van der Waals surface area contributed by atoms with Crippen molar-refractivity contribution >= 4 is 5.95 Å². The molecule has 0 radical (unpaired) electrons. The highest BCUT2D eigenvalue weighted by Gasteiger charge is 2.54. The molecule has 26 heavy (non-hydrogen) atoms. The zero-order valence-corrected chi connectivity index (χ0v) is 14.8. The van der Waals surface area contributed by atoms with Crippen molar-refractivity contribution in [3.05, 3.63) is 53.4 Å². The van der Waals surface area contributed by atoms with E-state index in [0.29, 0.717) is 24.0 Å². The van der Waals surface area contributed by atoms with Crippen molar-refractivity contribution in [1.29, 1.82) is 0 Å². The van der Waals surface area contributed by atoms with E-state index in [1.165, 1.54) is 6.07 Å². The smallest absolute Gasteiger partial charge is 0.225 e. The molecule has 0 aliphatic carbocycles. The topological polar surface area (TPSA) is 32.3 Å². The molecule has 0 saturated carbocycles. The zero-order valence-electron chi connectivity index (χ0n) is 14.8. The molecule has 5 heterocycles. The second-order valence-electron chi connectivity index (χ2n) is 7.75. The number of anilines is 1. The summed E-state index contributed by atoms with van der Waals surface area (Å²) in [4.78, 5) is 13.8. The van der Waals surface area contributed by atoms with Crippen LogP contribution in [0.2, 0.25) is 0 Å². The van der Waals surface area contributed by atoms with E-state index < -0.39 is 11.6 Å². The van der Waals surface area contributed by atoms with Crippen LogP contribution >= 0.6 is 0 Å². The summed E-state index contributed by atoms with van der Waals surface area (Å²) < 4.78 is 28.5. The molecule has 4 saturated heterocycles. The Labute approximate surface area is 151 Å². The van der Waals surface area contributed by atoms with E-state index in [9.17, 15) is 8.78 Å². The summed E-state index contributed by atoms with van der Waals surface area (Å²) in [5.74, 6) is -0.252. The second-order valence-corrected chi connectivity index (χ2v) is 7.75. The molecule has 3 atom stereocenters. The van der Waals surface area contributed by atoms with Crippen LogP contribution in [-0.4, -0.2) is 46.6 Å². The maximum atomic E-state index is 14.6. The third kappa shape index (κ3) is 2.35. The summed E-state index contributed by atoms with van der Waals surface area (Å²) in [5.41, 5.74) is 1.41. The third-order valence-electron chi connectivity index (χ3n) is 6.41. The predicted molar refractivity (Wildman–Crippen MR) is 95.1 cm³/mol. The fourth-order valence-corrected chi connectivity index (χ4v) is 5.31. The number of hydrogen-bond donors (Lipinski definition) is 0. The quantitative estimate of drug-likeness (QED) is 0.828. The Morgan fingerprint density at radius 2 is 1.88 bits per heavy atom. The third-order valence-corrected chi connectivity index (χ3v) is 6.41. The SMILES string of the molecule is Cc1ccnc(N2C[C@@H](c3cccc(F)c3F)[C@@H]3[C@H]2C2CCN3CC2)n1. The normalized spacial score (nSPS) is 32.7. The van der Waals surface area contributed by atoms with Crippen LogP contribution in [-0.2, 0) is 0 Å². The van der Waals surface area contributed by atoms with Crippen molar-refractivity contribution in [2.24, 2.45) is 5.92 Å². The number of aryl methyl sites for hydroxylation is 1. The molecule has 0 amide bonds. The number of fused-ring (bicyclic) bond motifs is 2. The van der Waals surface area contributed by atoms with Crippen LogP contribution < -0.4 is 4.90 Å². The summed E-state index contributed by atoms with van der Waals surface area (Å²) >= 11 is 0. The molecule has 6 heteroatoms. The highest BCUT2D eigenvalue weighted by Crippen LogP contribution is 2.47. The molecule has 1 aromatic heterocycles. The maximum absolute atomic E-state index is 14.6. The van der Waals surface area contributed by atoms with Crippen LogP contribution in [0.3, 0.4) is 0 Å². The van der Waals surface area contributed by atoms with E-state index >= 15 is 0 Å². The molecule has 2 bridgehead atoms. The Kier molecular flexibility index (Phi) is 3.71. The molecule has 4 nitrogen and oxygen atoms in total. The first-order valence-corrected chi connectivity index (χ1v) is 9.38. The number of rotatable bonds is 2. The van der Waals surface area contributed by atoms with Gasteiger partial charge in [-0.15, -0.1) is 0 Å². The van der Waals surface area contributed by atoms with Crippen LogP contribution in [0.4, 0.5) is 14.7 Å². The fourth-order valence-electron chi connectivity index (χ4n) is 5.31. The van der Waals surface area contributed by atoms with Crippen LogP contribution in [0.15, 0.2) is 30.5 Å². The van der Waals surface area contributed by atoms with Gasteiger partial charge in [0.25, 0.3) is 0 Å². The second kappa shape index (κ2) is 5.98. The molecule has 2 aromatic rings. The van der Waals surface area contributed by atoms with E-state index in [4.69, 9.17) is 0 Å². The Hall–Kier alpha value is -2.08. The lowest BCUT2D eigenvalue weighted by molar-refractivity contribution is 0.0348. The van der Waals surface area contributed by atoms with E-state index in [1.807, 2.05) is 13.0 Å². The van der Waals surface area contributed by atoms with Crippen LogP contribution in [0.1, 0.15) is 30.0 Å². The first-order valence-electron chi connectivity index (χ1n) is 9.38. The fraction of sp³-hybridized carbons (Fsp3) is 0.500. The molecule has 0 spiro atoms. The van der Waals surface area contributed by atoms with Crippen LogP contribution in [0, 0.1) is 24.5 Å². The van der Waals surface area contributed by atoms with Gasteiger partial charge in [0.05, 0.1) is 6.04 Å². The van der Waals surface area contributed by atoms with Crippen molar-refractivity contribution in [1.82, 2.24) is 14.9 Å². The van der Waals surface area contributed by atoms with Gasteiger partial charge in [-0.05, 0) is 56.5 Å². The van der Waals surface area contributed by atoms with Gasteiger partial charge >= 0.3 is 0 Å². The highest BCUT2D eigenvalue weighted by atomic mass is 19.2. The standard InChI is InChI=1S/C20H22F2N4/c1-12-5-8-23-20(24-12)26-11-15(14-3-2-4-16(21)17(14)22)19-18(26)13-6-9-25(19)10-7-13/h2-5,8,13,15,18-19H,6-7,9-11H2,1H3/t15-,18+,19+/m0/s1. The summed E-state index contributed by atoms with van der Waals surface area (Å²) in [6, 6.07) is 6.90. The Morgan fingerprint density at radius 3 is 2.65 bits per heavy atom. The van der Waals surface area contributed by atoms with E-state index in [1.54, 1.807) is 18.3 Å². The number of hydrogen-bond acceptors (Lipinski definition) is 4. The summed E-state index contributed by atoms with van der Waals surface area (Å²) in [5, 5.41) is 0. The molecule has 0 N–H and O–H groups in total. The number of nitrogens with zero attached hydrogens (tertiary/aromatic N) is 4. The van der Waals surface area contributed by atoms with Gasteiger partial charge in [-0.3, -0.25) is 4.90 Å². The summed E-state index contributed by atoms with van der Waals surface area (Å²) in [6.07, 6.45) is 4.09. The van der Waals surface area contributed by atoms with Crippen LogP contribution in [0.5, 0.6) is 0 Å². The average Bonchev–Trinajstić information content (AvgIpc) is 3.08. The van der Waals surface area contributed by atoms with Crippen LogP contribution in [0.25, 0.3) is 0 Å². The van der Waals surface area contributed by atoms with E-state index in [-0.39, 0.29) is 18.0 Å². The molecule has 4 fully saturated rings. The van der Waals surface area contributed by atoms with Crippen molar-refractivity contribution in [3.63, 3.8) is 0 Å². The predicted octanol–water partition coefficient (Wildman–Crippen LogP) is 3.13. The lowest BCUT2D eigenvalue weighted by Gasteiger charge is -2.51. The van der Waals surface area contributed by atoms with Crippen molar-refractivity contribution < 1.29 is 8.78 Å². The molecule has 4 aliphatic heterocycles. The van der Waals surface area contributed by atoms with E-state index in [2.05, 4.69) is 19.8 Å².